The Kier molecular flexibility index (Phi) is 8.73. The summed E-state index contributed by atoms with van der Waals surface area (Å²) in [4.78, 5) is 6.83. The van der Waals surface area contributed by atoms with E-state index in [1.165, 1.54) is 18.4 Å². The monoisotopic (exact) mass is 431 g/mol. The molecule has 1 aliphatic rings. The first-order chi connectivity index (χ1) is 10.7. The molecule has 1 heterocycles. The van der Waals surface area contributed by atoms with Crippen LogP contribution in [0, 0.1) is 5.92 Å². The number of benzene rings is 1. The molecule has 0 aromatic heterocycles. The van der Waals surface area contributed by atoms with Gasteiger partial charge in [0.05, 0.1) is 7.11 Å². The van der Waals surface area contributed by atoms with Crippen LogP contribution in [0.2, 0.25) is 0 Å². The lowest BCUT2D eigenvalue weighted by Gasteiger charge is -2.34. The molecule has 1 saturated heterocycles. The van der Waals surface area contributed by atoms with Crippen molar-refractivity contribution in [1.29, 1.82) is 0 Å². The molecule has 2 unspecified atom stereocenters. The van der Waals surface area contributed by atoms with Gasteiger partial charge in [0.15, 0.2) is 5.96 Å². The largest absolute Gasteiger partial charge is 0.496 e. The van der Waals surface area contributed by atoms with Crippen LogP contribution in [-0.2, 0) is 0 Å². The number of para-hydroxylation sites is 1. The average Bonchev–Trinajstić information content (AvgIpc) is 2.55. The lowest BCUT2D eigenvalue weighted by Crippen LogP contribution is -2.47. The van der Waals surface area contributed by atoms with Crippen molar-refractivity contribution in [3.63, 3.8) is 0 Å². The predicted molar refractivity (Wildman–Crippen MR) is 108 cm³/mol. The van der Waals surface area contributed by atoms with Crippen LogP contribution in [0.3, 0.4) is 0 Å². The van der Waals surface area contributed by atoms with Crippen molar-refractivity contribution in [3.05, 3.63) is 29.8 Å². The number of hydrogen-bond acceptors (Lipinski definition) is 2. The normalized spacial score (nSPS) is 19.7. The van der Waals surface area contributed by atoms with Crippen LogP contribution < -0.4 is 10.1 Å². The van der Waals surface area contributed by atoms with Gasteiger partial charge in [0.1, 0.15) is 5.75 Å². The van der Waals surface area contributed by atoms with Gasteiger partial charge in [0.2, 0.25) is 0 Å². The van der Waals surface area contributed by atoms with E-state index in [0.29, 0.717) is 5.92 Å². The first kappa shape index (κ1) is 20.1. The Morgan fingerprint density at radius 2 is 2.17 bits per heavy atom. The van der Waals surface area contributed by atoms with E-state index in [-0.39, 0.29) is 24.0 Å². The molecule has 0 bridgehead atoms. The van der Waals surface area contributed by atoms with E-state index in [2.05, 4.69) is 41.2 Å². The van der Waals surface area contributed by atoms with Gasteiger partial charge in [-0.2, -0.15) is 0 Å². The summed E-state index contributed by atoms with van der Waals surface area (Å²) < 4.78 is 5.46. The van der Waals surface area contributed by atoms with Crippen molar-refractivity contribution in [1.82, 2.24) is 10.2 Å². The molecule has 1 fully saturated rings. The molecule has 1 aliphatic heterocycles. The van der Waals surface area contributed by atoms with Crippen molar-refractivity contribution in [2.75, 3.05) is 33.8 Å². The quantitative estimate of drug-likeness (QED) is 0.449. The number of likely N-dealkylation sites (tertiary alicyclic amines) is 1. The van der Waals surface area contributed by atoms with Gasteiger partial charge >= 0.3 is 0 Å². The highest BCUT2D eigenvalue weighted by molar-refractivity contribution is 14.0. The summed E-state index contributed by atoms with van der Waals surface area (Å²) >= 11 is 0. The Balaban J connectivity index is 0.00000264. The van der Waals surface area contributed by atoms with Crippen LogP contribution in [-0.4, -0.2) is 44.7 Å². The maximum atomic E-state index is 5.46. The predicted octanol–water partition coefficient (Wildman–Crippen LogP) is 3.72. The minimum absolute atomic E-state index is 0. The van der Waals surface area contributed by atoms with Crippen molar-refractivity contribution in [3.8, 4) is 5.75 Å². The average molecular weight is 431 g/mol. The highest BCUT2D eigenvalue weighted by atomic mass is 127. The summed E-state index contributed by atoms with van der Waals surface area (Å²) in [7, 11) is 3.60. The second-order valence-corrected chi connectivity index (χ2v) is 6.26. The fraction of sp³-hybridized carbons (Fsp3) is 0.611. The number of rotatable bonds is 4. The number of methoxy groups -OCH3 is 1. The lowest BCUT2D eigenvalue weighted by atomic mass is 9.99. The zero-order valence-electron chi connectivity index (χ0n) is 14.7. The molecule has 23 heavy (non-hydrogen) atoms. The molecule has 1 aromatic rings. The fourth-order valence-electron chi connectivity index (χ4n) is 3.14. The number of ether oxygens (including phenoxy) is 1. The number of piperidine rings is 1. The molecule has 2 atom stereocenters. The second-order valence-electron chi connectivity index (χ2n) is 6.26. The standard InChI is InChI=1S/C18H29N3O.HI/c1-14-8-7-11-21(13-14)18(19-3)20-12-15(2)16-9-5-6-10-17(16)22-4;/h5-6,9-10,14-15H,7-8,11-13H2,1-4H3,(H,19,20);1H. The van der Waals surface area contributed by atoms with Gasteiger partial charge in [-0.05, 0) is 30.4 Å². The minimum Gasteiger partial charge on any atom is -0.496 e. The summed E-state index contributed by atoms with van der Waals surface area (Å²) in [5, 5.41) is 3.53. The van der Waals surface area contributed by atoms with Gasteiger partial charge in [-0.3, -0.25) is 4.99 Å². The Morgan fingerprint density at radius 1 is 1.43 bits per heavy atom. The molecule has 4 nitrogen and oxygen atoms in total. The molecular formula is C18H30IN3O. The van der Waals surface area contributed by atoms with Gasteiger partial charge in [0.25, 0.3) is 0 Å². The minimum atomic E-state index is 0. The zero-order valence-corrected chi connectivity index (χ0v) is 17.0. The molecule has 5 heteroatoms. The third-order valence-electron chi connectivity index (χ3n) is 4.40. The molecule has 0 saturated carbocycles. The van der Waals surface area contributed by atoms with Crippen molar-refractivity contribution in [2.24, 2.45) is 10.9 Å². The number of nitrogens with zero attached hydrogens (tertiary/aromatic N) is 2. The van der Waals surface area contributed by atoms with E-state index < -0.39 is 0 Å². The lowest BCUT2D eigenvalue weighted by molar-refractivity contribution is 0.265. The van der Waals surface area contributed by atoms with E-state index in [9.17, 15) is 0 Å². The van der Waals surface area contributed by atoms with Gasteiger partial charge in [0, 0.05) is 32.6 Å². The Labute approximate surface area is 157 Å². The van der Waals surface area contributed by atoms with Gasteiger partial charge in [-0.1, -0.05) is 32.0 Å². The van der Waals surface area contributed by atoms with Gasteiger partial charge < -0.3 is 15.0 Å². The van der Waals surface area contributed by atoms with Crippen LogP contribution in [0.25, 0.3) is 0 Å². The molecular weight excluding hydrogens is 401 g/mol. The molecule has 0 radical (unpaired) electrons. The molecule has 1 aromatic carbocycles. The van der Waals surface area contributed by atoms with E-state index in [1.54, 1.807) is 7.11 Å². The summed E-state index contributed by atoms with van der Waals surface area (Å²) in [5.74, 6) is 3.10. The summed E-state index contributed by atoms with van der Waals surface area (Å²) in [6, 6.07) is 8.23. The summed E-state index contributed by atoms with van der Waals surface area (Å²) in [6.45, 7) is 7.60. The highest BCUT2D eigenvalue weighted by Gasteiger charge is 2.20. The van der Waals surface area contributed by atoms with Gasteiger partial charge in [-0.25, -0.2) is 0 Å². The molecule has 2 rings (SSSR count). The van der Waals surface area contributed by atoms with Crippen LogP contribution >= 0.6 is 24.0 Å². The maximum Gasteiger partial charge on any atom is 0.193 e. The van der Waals surface area contributed by atoms with Crippen LogP contribution in [0.1, 0.15) is 38.2 Å². The number of hydrogen-bond donors (Lipinski definition) is 1. The Bertz CT molecular complexity index is 507. The smallest absolute Gasteiger partial charge is 0.193 e. The van der Waals surface area contributed by atoms with Crippen molar-refractivity contribution >= 4 is 29.9 Å². The van der Waals surface area contributed by atoms with E-state index in [0.717, 1.165) is 37.3 Å². The number of guanidine groups is 1. The fourth-order valence-corrected chi connectivity index (χ4v) is 3.14. The number of halogens is 1. The molecule has 130 valence electrons. The van der Waals surface area contributed by atoms with Gasteiger partial charge in [-0.15, -0.1) is 24.0 Å². The van der Waals surface area contributed by atoms with E-state index in [1.807, 2.05) is 19.2 Å². The maximum absolute atomic E-state index is 5.46. The van der Waals surface area contributed by atoms with Crippen molar-refractivity contribution < 1.29 is 4.74 Å². The summed E-state index contributed by atoms with van der Waals surface area (Å²) in [6.07, 6.45) is 2.58. The highest BCUT2D eigenvalue weighted by Crippen LogP contribution is 2.25. The Hall–Kier alpha value is -0.980. The first-order valence-electron chi connectivity index (χ1n) is 8.24. The number of nitrogens with one attached hydrogen (secondary N) is 1. The first-order valence-corrected chi connectivity index (χ1v) is 8.24. The van der Waals surface area contributed by atoms with Crippen LogP contribution in [0.4, 0.5) is 0 Å². The molecule has 0 amide bonds. The molecule has 0 spiro atoms. The van der Waals surface area contributed by atoms with E-state index >= 15 is 0 Å². The summed E-state index contributed by atoms with van der Waals surface area (Å²) in [5.41, 5.74) is 1.24. The molecule has 0 aliphatic carbocycles. The number of aliphatic imine (C=N–C) groups is 1. The van der Waals surface area contributed by atoms with Crippen LogP contribution in [0.5, 0.6) is 5.75 Å². The topological polar surface area (TPSA) is 36.9 Å². The zero-order chi connectivity index (χ0) is 15.9. The third kappa shape index (κ3) is 5.55. The van der Waals surface area contributed by atoms with E-state index in [4.69, 9.17) is 4.74 Å². The molecule has 1 N–H and O–H groups in total. The third-order valence-corrected chi connectivity index (χ3v) is 4.40. The second kappa shape index (κ2) is 10.0. The SMILES string of the molecule is CN=C(NCC(C)c1ccccc1OC)N1CCCC(C)C1.I. The Morgan fingerprint density at radius 3 is 2.83 bits per heavy atom. The van der Waals surface area contributed by atoms with Crippen molar-refractivity contribution in [2.45, 2.75) is 32.6 Å². The van der Waals surface area contributed by atoms with Crippen LogP contribution in [0.15, 0.2) is 29.3 Å².